The summed E-state index contributed by atoms with van der Waals surface area (Å²) in [4.78, 5) is 4.47. The van der Waals surface area contributed by atoms with Crippen molar-refractivity contribution in [2.75, 3.05) is 7.11 Å². The lowest BCUT2D eigenvalue weighted by Crippen LogP contribution is -2.09. The number of ether oxygens (including phenoxy) is 1. The summed E-state index contributed by atoms with van der Waals surface area (Å²) in [5.74, 6) is 1.76. The van der Waals surface area contributed by atoms with E-state index in [1.54, 1.807) is 7.11 Å². The number of nitrogens with zero attached hydrogens (tertiary/aromatic N) is 1. The molecule has 3 nitrogen and oxygen atoms in total. The van der Waals surface area contributed by atoms with Crippen molar-refractivity contribution in [3.63, 3.8) is 0 Å². The van der Waals surface area contributed by atoms with Crippen molar-refractivity contribution in [3.8, 4) is 5.75 Å². The minimum Gasteiger partial charge on any atom is -0.497 e. The highest BCUT2D eigenvalue weighted by atomic mass is 16.5. The first-order valence-electron chi connectivity index (χ1n) is 9.94. The van der Waals surface area contributed by atoms with E-state index >= 15 is 0 Å². The minimum atomic E-state index is 0.218. The molecule has 152 valence electrons. The molecule has 1 heterocycles. The van der Waals surface area contributed by atoms with Gasteiger partial charge in [0.25, 0.3) is 0 Å². The summed E-state index contributed by atoms with van der Waals surface area (Å²) in [6.07, 6.45) is 1.98. The van der Waals surface area contributed by atoms with Crippen LogP contribution in [0.1, 0.15) is 58.6 Å². The van der Waals surface area contributed by atoms with Crippen LogP contribution in [0.5, 0.6) is 5.75 Å². The Morgan fingerprint density at radius 2 is 1.46 bits per heavy atom. The van der Waals surface area contributed by atoms with Crippen LogP contribution in [0.25, 0.3) is 11.1 Å². The molecule has 0 amide bonds. The van der Waals surface area contributed by atoms with Crippen LogP contribution in [0.15, 0.2) is 46.9 Å². The van der Waals surface area contributed by atoms with Crippen molar-refractivity contribution in [2.45, 2.75) is 61.3 Å². The van der Waals surface area contributed by atoms with Crippen LogP contribution < -0.4 is 4.74 Å². The van der Waals surface area contributed by atoms with Crippen LogP contribution in [0.3, 0.4) is 0 Å². The van der Waals surface area contributed by atoms with Crippen LogP contribution in [0.4, 0.5) is 0 Å². The molecule has 3 aromatic rings. The fourth-order valence-corrected chi connectivity index (χ4v) is 2.96. The summed E-state index contributed by atoms with van der Waals surface area (Å²) in [6, 6.07) is 14.4. The van der Waals surface area contributed by atoms with E-state index in [-0.39, 0.29) is 5.41 Å². The maximum Gasteiger partial charge on any atom is 0.195 e. The zero-order valence-corrected chi connectivity index (χ0v) is 18.7. The molecule has 0 aliphatic rings. The second kappa shape index (κ2) is 8.81. The topological polar surface area (TPSA) is 35.3 Å². The van der Waals surface area contributed by atoms with Gasteiger partial charge in [-0.2, -0.15) is 0 Å². The molecule has 0 aliphatic carbocycles. The molecule has 3 heteroatoms. The monoisotopic (exact) mass is 381 g/mol. The quantitative estimate of drug-likeness (QED) is 0.489. The van der Waals surface area contributed by atoms with E-state index < -0.39 is 0 Å². The lowest BCUT2D eigenvalue weighted by atomic mass is 9.88. The van der Waals surface area contributed by atoms with Gasteiger partial charge >= 0.3 is 0 Å². The van der Waals surface area contributed by atoms with Gasteiger partial charge < -0.3 is 9.15 Å². The summed E-state index contributed by atoms with van der Waals surface area (Å²) in [5.41, 5.74) is 5.01. The Hall–Kier alpha value is -2.29. The molecule has 0 spiro atoms. The third kappa shape index (κ3) is 7.38. The lowest BCUT2D eigenvalue weighted by molar-refractivity contribution is 0.362. The van der Waals surface area contributed by atoms with Crippen LogP contribution in [-0.4, -0.2) is 12.1 Å². The Kier molecular flexibility index (Phi) is 6.92. The Labute approximate surface area is 170 Å². The van der Waals surface area contributed by atoms with Gasteiger partial charge in [-0.25, -0.2) is 4.98 Å². The number of fused-ring (bicyclic) bond motifs is 1. The first-order chi connectivity index (χ1) is 12.9. The van der Waals surface area contributed by atoms with Gasteiger partial charge in [0.2, 0.25) is 0 Å². The van der Waals surface area contributed by atoms with Gasteiger partial charge in [0.15, 0.2) is 11.5 Å². The fourth-order valence-electron chi connectivity index (χ4n) is 2.96. The molecule has 0 aliphatic heterocycles. The molecule has 0 atom stereocenters. The first-order valence-corrected chi connectivity index (χ1v) is 9.94. The van der Waals surface area contributed by atoms with Crippen LogP contribution in [0, 0.1) is 17.8 Å². The largest absolute Gasteiger partial charge is 0.497 e. The van der Waals surface area contributed by atoms with Crippen molar-refractivity contribution in [1.82, 2.24) is 4.98 Å². The second-order valence-corrected chi connectivity index (χ2v) is 9.90. The van der Waals surface area contributed by atoms with Crippen LogP contribution in [-0.2, 0) is 12.8 Å². The predicted octanol–water partition coefficient (Wildman–Crippen LogP) is 7.01. The number of aryl methyl sites for hydroxylation is 1. The van der Waals surface area contributed by atoms with Gasteiger partial charge in [-0.1, -0.05) is 59.7 Å². The zero-order chi connectivity index (χ0) is 20.9. The van der Waals surface area contributed by atoms with Gasteiger partial charge in [0.05, 0.1) is 7.11 Å². The number of rotatable bonds is 3. The van der Waals surface area contributed by atoms with Crippen LogP contribution in [0.2, 0.25) is 0 Å². The standard InChI is InChI=1S/C13H17NO.C12H18O/c1-9-5-6-10-11(7-9)15-12(14-10)8-13(2,3)4;1-12(2,3)9-10-5-7-11(13-4)8-6-10/h5-7H,8H2,1-4H3;5-8H,9H2,1-4H3. The van der Waals surface area contributed by atoms with E-state index in [2.05, 4.69) is 71.6 Å². The molecular formula is C25H35NO2. The van der Waals surface area contributed by atoms with Gasteiger partial charge in [0.1, 0.15) is 11.3 Å². The van der Waals surface area contributed by atoms with E-state index in [9.17, 15) is 0 Å². The van der Waals surface area contributed by atoms with Crippen molar-refractivity contribution in [3.05, 3.63) is 59.5 Å². The highest BCUT2D eigenvalue weighted by molar-refractivity contribution is 5.73. The maximum absolute atomic E-state index is 5.71. The fraction of sp³-hybridized carbons (Fsp3) is 0.480. The SMILES string of the molecule is COc1ccc(CC(C)(C)C)cc1.Cc1ccc2nc(CC(C)(C)C)oc2c1. The number of methoxy groups -OCH3 is 1. The van der Waals surface area contributed by atoms with Crippen molar-refractivity contribution >= 4 is 11.1 Å². The van der Waals surface area contributed by atoms with E-state index in [1.165, 1.54) is 11.1 Å². The number of aromatic nitrogens is 1. The van der Waals surface area contributed by atoms with Gasteiger partial charge in [-0.3, -0.25) is 0 Å². The van der Waals surface area contributed by atoms with E-state index in [0.29, 0.717) is 5.41 Å². The van der Waals surface area contributed by atoms with Gasteiger partial charge in [0, 0.05) is 6.42 Å². The van der Waals surface area contributed by atoms with E-state index in [4.69, 9.17) is 9.15 Å². The summed E-state index contributed by atoms with van der Waals surface area (Å²) in [6.45, 7) is 15.4. The number of benzene rings is 2. The molecule has 0 unspecified atom stereocenters. The molecular weight excluding hydrogens is 346 g/mol. The molecule has 28 heavy (non-hydrogen) atoms. The normalized spacial score (nSPS) is 11.9. The van der Waals surface area contributed by atoms with Crippen molar-refractivity contribution in [1.29, 1.82) is 0 Å². The Morgan fingerprint density at radius 3 is 2.00 bits per heavy atom. The zero-order valence-electron chi connectivity index (χ0n) is 18.7. The number of oxazole rings is 1. The molecule has 0 saturated heterocycles. The number of hydrogen-bond donors (Lipinski definition) is 0. The molecule has 1 aromatic heterocycles. The predicted molar refractivity (Wildman–Crippen MR) is 118 cm³/mol. The Bertz CT molecular complexity index is 878. The summed E-state index contributed by atoms with van der Waals surface area (Å²) in [5, 5.41) is 0. The molecule has 0 fully saturated rings. The molecule has 3 rings (SSSR count). The van der Waals surface area contributed by atoms with Gasteiger partial charge in [-0.05, 0) is 59.6 Å². The molecule has 0 bridgehead atoms. The number of hydrogen-bond acceptors (Lipinski definition) is 3. The second-order valence-electron chi connectivity index (χ2n) is 9.90. The third-order valence-electron chi connectivity index (χ3n) is 4.16. The lowest BCUT2D eigenvalue weighted by Gasteiger charge is -2.18. The summed E-state index contributed by atoms with van der Waals surface area (Å²) in [7, 11) is 1.69. The maximum atomic E-state index is 5.71. The smallest absolute Gasteiger partial charge is 0.195 e. The van der Waals surface area contributed by atoms with Crippen LogP contribution >= 0.6 is 0 Å². The van der Waals surface area contributed by atoms with E-state index in [0.717, 1.165) is 35.6 Å². The highest BCUT2D eigenvalue weighted by Crippen LogP contribution is 2.24. The minimum absolute atomic E-state index is 0.218. The first kappa shape index (κ1) is 22.0. The van der Waals surface area contributed by atoms with Gasteiger partial charge in [-0.15, -0.1) is 0 Å². The third-order valence-corrected chi connectivity index (χ3v) is 4.16. The summed E-state index contributed by atoms with van der Waals surface area (Å²) < 4.78 is 10.8. The molecule has 0 N–H and O–H groups in total. The van der Waals surface area contributed by atoms with Crippen molar-refractivity contribution < 1.29 is 9.15 Å². The Morgan fingerprint density at radius 1 is 0.857 bits per heavy atom. The average molecular weight is 382 g/mol. The average Bonchev–Trinajstić information content (AvgIpc) is 2.94. The molecule has 2 aromatic carbocycles. The molecule has 0 saturated carbocycles. The molecule has 0 radical (unpaired) electrons. The van der Waals surface area contributed by atoms with Crippen molar-refractivity contribution in [2.24, 2.45) is 10.8 Å². The van der Waals surface area contributed by atoms with E-state index in [1.807, 2.05) is 24.3 Å². The highest BCUT2D eigenvalue weighted by Gasteiger charge is 2.16. The summed E-state index contributed by atoms with van der Waals surface area (Å²) >= 11 is 0. The Balaban J connectivity index is 0.000000203.